The van der Waals surface area contributed by atoms with Crippen molar-refractivity contribution in [3.8, 4) is 5.75 Å². The van der Waals surface area contributed by atoms with Crippen molar-refractivity contribution in [3.05, 3.63) is 23.8 Å². The van der Waals surface area contributed by atoms with Crippen LogP contribution < -0.4 is 10.5 Å². The second kappa shape index (κ2) is 8.28. The van der Waals surface area contributed by atoms with Crippen LogP contribution in [0.4, 0.5) is 5.69 Å². The number of hydrogen-bond donors (Lipinski definition) is 1. The lowest BCUT2D eigenvalue weighted by atomic mass is 9.94. The molecule has 3 heteroatoms. The Balaban J connectivity index is 1.76. The molecule has 1 aliphatic rings. The molecule has 118 valence electrons. The number of nitrogen functional groups attached to an aromatic ring is 1. The van der Waals surface area contributed by atoms with E-state index in [4.69, 9.17) is 10.5 Å². The number of anilines is 1. The number of aryl methyl sites for hydroxylation is 1. The first-order valence-electron chi connectivity index (χ1n) is 8.42. The summed E-state index contributed by atoms with van der Waals surface area (Å²) < 4.78 is 5.48. The SMILES string of the molecule is CCOc1ccc(CCCN(C)C2CCCCC2)cc1N. The zero-order valence-electron chi connectivity index (χ0n) is 13.6. The Hall–Kier alpha value is -1.22. The van der Waals surface area contributed by atoms with E-state index in [1.807, 2.05) is 13.0 Å². The van der Waals surface area contributed by atoms with Crippen molar-refractivity contribution in [2.24, 2.45) is 0 Å². The van der Waals surface area contributed by atoms with Crippen LogP contribution >= 0.6 is 0 Å². The van der Waals surface area contributed by atoms with Gasteiger partial charge < -0.3 is 15.4 Å². The molecule has 1 saturated carbocycles. The summed E-state index contributed by atoms with van der Waals surface area (Å²) in [7, 11) is 2.28. The van der Waals surface area contributed by atoms with Gasteiger partial charge in [0.15, 0.2) is 0 Å². The van der Waals surface area contributed by atoms with E-state index in [2.05, 4.69) is 24.1 Å². The van der Waals surface area contributed by atoms with Crippen molar-refractivity contribution in [2.45, 2.75) is 57.9 Å². The van der Waals surface area contributed by atoms with Gasteiger partial charge in [-0.2, -0.15) is 0 Å². The fourth-order valence-electron chi connectivity index (χ4n) is 3.28. The molecule has 1 aliphatic carbocycles. The molecule has 0 aliphatic heterocycles. The summed E-state index contributed by atoms with van der Waals surface area (Å²) in [5.41, 5.74) is 8.09. The summed E-state index contributed by atoms with van der Waals surface area (Å²) in [6, 6.07) is 7.01. The fraction of sp³-hybridized carbons (Fsp3) is 0.667. The predicted octanol–water partition coefficient (Wildman–Crippen LogP) is 3.86. The van der Waals surface area contributed by atoms with Gasteiger partial charge in [-0.25, -0.2) is 0 Å². The Morgan fingerprint density at radius 1 is 1.24 bits per heavy atom. The Morgan fingerprint density at radius 3 is 2.67 bits per heavy atom. The van der Waals surface area contributed by atoms with Gasteiger partial charge in [-0.05, 0) is 63.9 Å². The lowest BCUT2D eigenvalue weighted by Crippen LogP contribution is -2.34. The molecule has 21 heavy (non-hydrogen) atoms. The highest BCUT2D eigenvalue weighted by atomic mass is 16.5. The monoisotopic (exact) mass is 290 g/mol. The molecule has 2 N–H and O–H groups in total. The van der Waals surface area contributed by atoms with Crippen molar-refractivity contribution in [1.29, 1.82) is 0 Å². The van der Waals surface area contributed by atoms with Gasteiger partial charge in [0, 0.05) is 6.04 Å². The molecule has 0 saturated heterocycles. The molecule has 0 bridgehead atoms. The third kappa shape index (κ3) is 4.92. The van der Waals surface area contributed by atoms with E-state index in [-0.39, 0.29) is 0 Å². The summed E-state index contributed by atoms with van der Waals surface area (Å²) in [5.74, 6) is 0.806. The van der Waals surface area contributed by atoms with Gasteiger partial charge in [0.05, 0.1) is 12.3 Å². The van der Waals surface area contributed by atoms with Crippen LogP contribution in [-0.4, -0.2) is 31.1 Å². The van der Waals surface area contributed by atoms with E-state index in [0.29, 0.717) is 6.61 Å². The first-order valence-corrected chi connectivity index (χ1v) is 8.42. The van der Waals surface area contributed by atoms with Gasteiger partial charge in [0.25, 0.3) is 0 Å². The molecule has 1 aromatic rings. The highest BCUT2D eigenvalue weighted by molar-refractivity contribution is 5.54. The van der Waals surface area contributed by atoms with E-state index in [9.17, 15) is 0 Å². The van der Waals surface area contributed by atoms with Crippen molar-refractivity contribution < 1.29 is 4.74 Å². The van der Waals surface area contributed by atoms with Crippen LogP contribution in [0.3, 0.4) is 0 Å². The largest absolute Gasteiger partial charge is 0.492 e. The van der Waals surface area contributed by atoms with Gasteiger partial charge >= 0.3 is 0 Å². The summed E-state index contributed by atoms with van der Waals surface area (Å²) >= 11 is 0. The average molecular weight is 290 g/mol. The zero-order valence-corrected chi connectivity index (χ0v) is 13.6. The van der Waals surface area contributed by atoms with E-state index in [1.54, 1.807) is 0 Å². The summed E-state index contributed by atoms with van der Waals surface area (Å²) in [5, 5.41) is 0. The second-order valence-electron chi connectivity index (χ2n) is 6.18. The molecule has 0 heterocycles. The maximum Gasteiger partial charge on any atom is 0.142 e. The summed E-state index contributed by atoms with van der Waals surface area (Å²) in [4.78, 5) is 2.55. The van der Waals surface area contributed by atoms with Crippen molar-refractivity contribution in [3.63, 3.8) is 0 Å². The lowest BCUT2D eigenvalue weighted by Gasteiger charge is -2.31. The number of hydrogen-bond acceptors (Lipinski definition) is 3. The van der Waals surface area contributed by atoms with Crippen molar-refractivity contribution >= 4 is 5.69 Å². The van der Waals surface area contributed by atoms with Gasteiger partial charge in [-0.15, -0.1) is 0 Å². The Morgan fingerprint density at radius 2 is 2.00 bits per heavy atom. The molecule has 0 radical (unpaired) electrons. The topological polar surface area (TPSA) is 38.5 Å². The highest BCUT2D eigenvalue weighted by Crippen LogP contribution is 2.24. The minimum Gasteiger partial charge on any atom is -0.492 e. The normalized spacial score (nSPS) is 16.3. The molecule has 0 atom stereocenters. The number of rotatable bonds is 7. The first-order chi connectivity index (χ1) is 10.2. The Bertz CT molecular complexity index is 427. The molecule has 0 aromatic heterocycles. The average Bonchev–Trinajstić information content (AvgIpc) is 2.51. The minimum atomic E-state index is 0.662. The number of benzene rings is 1. The summed E-state index contributed by atoms with van der Waals surface area (Å²) in [6.07, 6.45) is 9.29. The van der Waals surface area contributed by atoms with Gasteiger partial charge in [0.1, 0.15) is 5.75 Å². The third-order valence-electron chi connectivity index (χ3n) is 4.55. The Kier molecular flexibility index (Phi) is 6.37. The highest BCUT2D eigenvalue weighted by Gasteiger charge is 2.17. The van der Waals surface area contributed by atoms with Crippen molar-refractivity contribution in [1.82, 2.24) is 4.90 Å². The van der Waals surface area contributed by atoms with Crippen LogP contribution in [-0.2, 0) is 6.42 Å². The molecule has 1 aromatic carbocycles. The maximum absolute atomic E-state index is 6.02. The molecule has 1 fully saturated rings. The predicted molar refractivity (Wildman–Crippen MR) is 89.8 cm³/mol. The third-order valence-corrected chi connectivity index (χ3v) is 4.55. The molecule has 0 spiro atoms. The van der Waals surface area contributed by atoms with Crippen LogP contribution in [0.1, 0.15) is 51.0 Å². The van der Waals surface area contributed by atoms with E-state index in [0.717, 1.165) is 23.9 Å². The molecular weight excluding hydrogens is 260 g/mol. The van der Waals surface area contributed by atoms with Gasteiger partial charge in [-0.1, -0.05) is 25.3 Å². The minimum absolute atomic E-state index is 0.662. The van der Waals surface area contributed by atoms with E-state index < -0.39 is 0 Å². The van der Waals surface area contributed by atoms with Gasteiger partial charge in [0.2, 0.25) is 0 Å². The van der Waals surface area contributed by atoms with Crippen LogP contribution in [0.2, 0.25) is 0 Å². The zero-order chi connectivity index (χ0) is 15.1. The van der Waals surface area contributed by atoms with Gasteiger partial charge in [-0.3, -0.25) is 0 Å². The molecular formula is C18H30N2O. The maximum atomic E-state index is 6.02. The quantitative estimate of drug-likeness (QED) is 0.775. The van der Waals surface area contributed by atoms with Crippen LogP contribution in [0.25, 0.3) is 0 Å². The molecule has 0 unspecified atom stereocenters. The van der Waals surface area contributed by atoms with Crippen LogP contribution in [0, 0.1) is 0 Å². The smallest absolute Gasteiger partial charge is 0.142 e. The Labute approximate surface area is 129 Å². The van der Waals surface area contributed by atoms with Crippen LogP contribution in [0.15, 0.2) is 18.2 Å². The number of nitrogens with two attached hydrogens (primary N) is 1. The fourth-order valence-corrected chi connectivity index (χ4v) is 3.28. The van der Waals surface area contributed by atoms with E-state index in [1.165, 1.54) is 50.6 Å². The molecule has 0 amide bonds. The van der Waals surface area contributed by atoms with E-state index >= 15 is 0 Å². The van der Waals surface area contributed by atoms with Crippen molar-refractivity contribution in [2.75, 3.05) is 25.9 Å². The standard InChI is InChI=1S/C18H30N2O/c1-3-21-18-12-11-15(14-17(18)19)8-7-13-20(2)16-9-5-4-6-10-16/h11-12,14,16H,3-10,13,19H2,1-2H3. The van der Waals surface area contributed by atoms with Crippen LogP contribution in [0.5, 0.6) is 5.75 Å². The summed E-state index contributed by atoms with van der Waals surface area (Å²) in [6.45, 7) is 3.82. The lowest BCUT2D eigenvalue weighted by molar-refractivity contribution is 0.190. The second-order valence-corrected chi connectivity index (χ2v) is 6.18. The molecule has 3 nitrogen and oxygen atoms in total. The first kappa shape index (κ1) is 16.2. The number of ether oxygens (including phenoxy) is 1. The number of nitrogens with zero attached hydrogens (tertiary/aromatic N) is 1. The molecule has 2 rings (SSSR count).